The van der Waals surface area contributed by atoms with Crippen LogP contribution in [0.1, 0.15) is 0 Å². The Bertz CT molecular complexity index is 338. The van der Waals surface area contributed by atoms with E-state index in [-0.39, 0.29) is 0 Å². The van der Waals surface area contributed by atoms with E-state index in [4.69, 9.17) is 0 Å². The zero-order chi connectivity index (χ0) is 8.43. The Morgan fingerprint density at radius 3 is 2.27 bits per heavy atom. The van der Waals surface area contributed by atoms with Crippen molar-refractivity contribution in [2.45, 2.75) is 4.90 Å². The Balaban J connectivity index is 3.35. The minimum Gasteiger partial charge on any atom is -0.227 e. The maximum absolute atomic E-state index is 10.6. The molecular weight excluding hydrogens is 296 g/mol. The molecule has 0 aliphatic carbocycles. The van der Waals surface area contributed by atoms with Crippen LogP contribution in [0.3, 0.4) is 0 Å². The Kier molecular flexibility index (Phi) is 3.09. The second kappa shape index (κ2) is 3.69. The summed E-state index contributed by atoms with van der Waals surface area (Å²) in [5.74, 6) is 0. The molecule has 60 valence electrons. The number of hydrogen-bond acceptors (Lipinski definition) is 2. The number of halogens is 2. The van der Waals surface area contributed by atoms with Gasteiger partial charge >= 0.3 is 0 Å². The SMILES string of the molecule is O=[SH](=O)c1cc(Br)ccc1Br. The summed E-state index contributed by atoms with van der Waals surface area (Å²) in [5.41, 5.74) is 0. The molecule has 11 heavy (non-hydrogen) atoms. The third-order valence-corrected chi connectivity index (χ3v) is 3.36. The van der Waals surface area contributed by atoms with E-state index in [1.807, 2.05) is 0 Å². The van der Waals surface area contributed by atoms with E-state index in [2.05, 4.69) is 31.9 Å². The van der Waals surface area contributed by atoms with Crippen LogP contribution < -0.4 is 0 Å². The molecule has 0 aromatic heterocycles. The molecule has 0 heterocycles. The average Bonchev–Trinajstić information content (AvgIpc) is 1.94. The van der Waals surface area contributed by atoms with Gasteiger partial charge in [0.05, 0.1) is 4.90 Å². The second-order valence-corrected chi connectivity index (χ2v) is 4.62. The number of hydrogen-bond donors (Lipinski definition) is 1. The van der Waals surface area contributed by atoms with Crippen LogP contribution in [0, 0.1) is 0 Å². The van der Waals surface area contributed by atoms with Crippen molar-refractivity contribution in [2.24, 2.45) is 0 Å². The molecule has 0 saturated carbocycles. The maximum Gasteiger partial charge on any atom is 0.169 e. The predicted molar refractivity (Wildman–Crippen MR) is 50.4 cm³/mol. The van der Waals surface area contributed by atoms with Gasteiger partial charge < -0.3 is 0 Å². The molecule has 0 fully saturated rings. The van der Waals surface area contributed by atoms with Gasteiger partial charge in [0, 0.05) is 8.95 Å². The molecule has 1 aromatic carbocycles. The van der Waals surface area contributed by atoms with Crippen molar-refractivity contribution in [2.75, 3.05) is 0 Å². The van der Waals surface area contributed by atoms with Gasteiger partial charge in [-0.1, -0.05) is 15.9 Å². The van der Waals surface area contributed by atoms with Crippen molar-refractivity contribution < 1.29 is 8.42 Å². The van der Waals surface area contributed by atoms with E-state index in [1.54, 1.807) is 18.2 Å². The molecule has 1 aromatic rings. The van der Waals surface area contributed by atoms with E-state index in [1.165, 1.54) is 0 Å². The molecule has 0 unspecified atom stereocenters. The minimum absolute atomic E-state index is 0.300. The van der Waals surface area contributed by atoms with E-state index in [0.717, 1.165) is 4.47 Å². The zero-order valence-electron chi connectivity index (χ0n) is 5.25. The lowest BCUT2D eigenvalue weighted by Crippen LogP contribution is -1.81. The van der Waals surface area contributed by atoms with Crippen molar-refractivity contribution in [3.63, 3.8) is 0 Å². The van der Waals surface area contributed by atoms with Crippen LogP contribution in [-0.4, -0.2) is 8.42 Å². The Hall–Kier alpha value is 0.130. The van der Waals surface area contributed by atoms with Crippen LogP contribution in [-0.2, 0) is 10.7 Å². The number of thiol groups is 1. The van der Waals surface area contributed by atoms with Crippen LogP contribution in [0.25, 0.3) is 0 Å². The third-order valence-electron chi connectivity index (χ3n) is 1.10. The molecule has 0 N–H and O–H groups in total. The molecule has 0 spiro atoms. The molecule has 0 aliphatic rings. The summed E-state index contributed by atoms with van der Waals surface area (Å²) < 4.78 is 22.5. The van der Waals surface area contributed by atoms with Crippen LogP contribution in [0.4, 0.5) is 0 Å². The number of rotatable bonds is 1. The largest absolute Gasteiger partial charge is 0.227 e. The first-order valence-corrected chi connectivity index (χ1v) is 5.47. The van der Waals surface area contributed by atoms with Crippen molar-refractivity contribution in [1.29, 1.82) is 0 Å². The normalized spacial score (nSPS) is 10.5. The fourth-order valence-corrected chi connectivity index (χ4v) is 2.34. The summed E-state index contributed by atoms with van der Waals surface area (Å²) >= 11 is 6.30. The van der Waals surface area contributed by atoms with Crippen molar-refractivity contribution >= 4 is 42.6 Å². The second-order valence-electron chi connectivity index (χ2n) is 1.85. The van der Waals surface area contributed by atoms with Gasteiger partial charge in [0.1, 0.15) is 0 Å². The molecule has 0 bridgehead atoms. The first kappa shape index (κ1) is 9.22. The lowest BCUT2D eigenvalue weighted by atomic mass is 10.4. The lowest BCUT2D eigenvalue weighted by molar-refractivity contribution is 0.614. The van der Waals surface area contributed by atoms with Crippen LogP contribution in [0.2, 0.25) is 0 Å². The Labute approximate surface area is 82.8 Å². The fraction of sp³-hybridized carbons (Fsp3) is 0. The standard InChI is InChI=1S/C6H4Br2O2S/c7-4-1-2-5(8)6(3-4)11(9)10/h1-3,11H. The monoisotopic (exact) mass is 298 g/mol. The van der Waals surface area contributed by atoms with Gasteiger partial charge in [-0.05, 0) is 34.1 Å². The summed E-state index contributed by atoms with van der Waals surface area (Å²) in [6.45, 7) is 0. The van der Waals surface area contributed by atoms with Crippen molar-refractivity contribution in [3.05, 3.63) is 27.1 Å². The van der Waals surface area contributed by atoms with Gasteiger partial charge in [-0.3, -0.25) is 0 Å². The van der Waals surface area contributed by atoms with Gasteiger partial charge in [0.2, 0.25) is 0 Å². The maximum atomic E-state index is 10.6. The summed E-state index contributed by atoms with van der Waals surface area (Å²) in [6, 6.07) is 5.01. The predicted octanol–water partition coefficient (Wildman–Crippen LogP) is 2.18. The van der Waals surface area contributed by atoms with Gasteiger partial charge in [0.15, 0.2) is 10.7 Å². The molecule has 0 saturated heterocycles. The van der Waals surface area contributed by atoms with Crippen molar-refractivity contribution in [1.82, 2.24) is 0 Å². The highest BCUT2D eigenvalue weighted by Gasteiger charge is 2.01. The smallest absolute Gasteiger partial charge is 0.169 e. The topological polar surface area (TPSA) is 34.1 Å². The van der Waals surface area contributed by atoms with Crippen molar-refractivity contribution in [3.8, 4) is 0 Å². The number of benzene rings is 1. The summed E-state index contributed by atoms with van der Waals surface area (Å²) in [7, 11) is -2.51. The lowest BCUT2D eigenvalue weighted by Gasteiger charge is -1.95. The molecule has 2 nitrogen and oxygen atoms in total. The fourth-order valence-electron chi connectivity index (χ4n) is 0.626. The molecule has 1 rings (SSSR count). The summed E-state index contributed by atoms with van der Waals surface area (Å²) in [4.78, 5) is 0.300. The Morgan fingerprint density at radius 2 is 1.82 bits per heavy atom. The molecule has 0 amide bonds. The van der Waals surface area contributed by atoms with Crippen LogP contribution in [0.15, 0.2) is 32.0 Å². The van der Waals surface area contributed by atoms with E-state index >= 15 is 0 Å². The first-order valence-electron chi connectivity index (χ1n) is 2.70. The summed E-state index contributed by atoms with van der Waals surface area (Å²) in [6.07, 6.45) is 0. The zero-order valence-corrected chi connectivity index (χ0v) is 9.32. The van der Waals surface area contributed by atoms with Gasteiger partial charge in [-0.15, -0.1) is 0 Å². The highest BCUT2D eigenvalue weighted by molar-refractivity contribution is 9.11. The van der Waals surface area contributed by atoms with Crippen LogP contribution in [0.5, 0.6) is 0 Å². The molecule has 0 aliphatic heterocycles. The van der Waals surface area contributed by atoms with E-state index in [0.29, 0.717) is 9.37 Å². The van der Waals surface area contributed by atoms with Gasteiger partial charge in [-0.25, -0.2) is 8.42 Å². The Morgan fingerprint density at radius 1 is 1.18 bits per heavy atom. The first-order chi connectivity index (χ1) is 5.11. The molecule has 0 radical (unpaired) electrons. The molecular formula is C6H4Br2O2S. The summed E-state index contributed by atoms with van der Waals surface area (Å²) in [5, 5.41) is 0. The van der Waals surface area contributed by atoms with Gasteiger partial charge in [0.25, 0.3) is 0 Å². The minimum atomic E-state index is -2.51. The van der Waals surface area contributed by atoms with E-state index < -0.39 is 10.7 Å². The molecule has 5 heteroatoms. The van der Waals surface area contributed by atoms with Gasteiger partial charge in [-0.2, -0.15) is 0 Å². The highest BCUT2D eigenvalue weighted by Crippen LogP contribution is 2.22. The highest BCUT2D eigenvalue weighted by atomic mass is 79.9. The quantitative estimate of drug-likeness (QED) is 0.807. The van der Waals surface area contributed by atoms with E-state index in [9.17, 15) is 8.42 Å². The average molecular weight is 300 g/mol. The molecule has 0 atom stereocenters. The third kappa shape index (κ3) is 2.28. The van der Waals surface area contributed by atoms with Crippen LogP contribution >= 0.6 is 31.9 Å².